The van der Waals surface area contributed by atoms with Crippen molar-refractivity contribution in [2.75, 3.05) is 7.05 Å². The number of hydrogen-bond donors (Lipinski definition) is 2. The van der Waals surface area contributed by atoms with Crippen LogP contribution < -0.4 is 10.6 Å². The summed E-state index contributed by atoms with van der Waals surface area (Å²) in [7, 11) is 1.76. The molecule has 0 atom stereocenters. The monoisotopic (exact) mass is 196 g/mol. The zero-order valence-corrected chi connectivity index (χ0v) is 8.76. The summed E-state index contributed by atoms with van der Waals surface area (Å²) >= 11 is 0. The molecule has 0 aliphatic carbocycles. The molecule has 0 saturated carbocycles. The molecular formula is C10H16N2O2. The highest BCUT2D eigenvalue weighted by molar-refractivity contribution is 5.85. The molecule has 0 spiro atoms. The summed E-state index contributed by atoms with van der Waals surface area (Å²) in [5.74, 6) is -0.0267. The van der Waals surface area contributed by atoms with Crippen LogP contribution in [0.2, 0.25) is 0 Å². The molecule has 0 bridgehead atoms. The first kappa shape index (κ1) is 10.8. The third-order valence-corrected chi connectivity index (χ3v) is 2.23. The van der Waals surface area contributed by atoms with Crippen LogP contribution in [0.25, 0.3) is 0 Å². The van der Waals surface area contributed by atoms with Crippen LogP contribution in [-0.2, 0) is 11.3 Å². The Kier molecular flexibility index (Phi) is 3.30. The first-order valence-corrected chi connectivity index (χ1v) is 4.54. The Labute approximate surface area is 83.7 Å². The maximum atomic E-state index is 11.6. The van der Waals surface area contributed by atoms with Crippen LogP contribution in [0.1, 0.15) is 19.4 Å². The molecule has 2 N–H and O–H groups in total. The summed E-state index contributed by atoms with van der Waals surface area (Å²) < 4.78 is 4.89. The van der Waals surface area contributed by atoms with Crippen LogP contribution in [-0.4, -0.2) is 18.5 Å². The average molecular weight is 196 g/mol. The van der Waals surface area contributed by atoms with Crippen LogP contribution in [0.4, 0.5) is 0 Å². The van der Waals surface area contributed by atoms with Gasteiger partial charge in [0, 0.05) is 12.1 Å². The van der Waals surface area contributed by atoms with Crippen molar-refractivity contribution >= 4 is 5.91 Å². The lowest BCUT2D eigenvalue weighted by Gasteiger charge is -2.22. The van der Waals surface area contributed by atoms with Gasteiger partial charge in [-0.05, 0) is 27.0 Å². The van der Waals surface area contributed by atoms with Gasteiger partial charge in [0.25, 0.3) is 0 Å². The average Bonchev–Trinajstić information content (AvgIpc) is 2.66. The van der Waals surface area contributed by atoms with E-state index < -0.39 is 5.54 Å². The van der Waals surface area contributed by atoms with E-state index in [1.54, 1.807) is 19.6 Å². The Bertz CT molecular complexity index is 291. The van der Waals surface area contributed by atoms with Crippen molar-refractivity contribution in [1.82, 2.24) is 10.6 Å². The summed E-state index contributed by atoms with van der Waals surface area (Å²) in [6.07, 6.45) is 3.21. The summed E-state index contributed by atoms with van der Waals surface area (Å²) in [5, 5.41) is 5.75. The van der Waals surface area contributed by atoms with Crippen LogP contribution in [0.3, 0.4) is 0 Å². The van der Waals surface area contributed by atoms with E-state index in [1.807, 2.05) is 19.9 Å². The third-order valence-electron chi connectivity index (χ3n) is 2.23. The lowest BCUT2D eigenvalue weighted by Crippen LogP contribution is -2.50. The van der Waals surface area contributed by atoms with E-state index in [2.05, 4.69) is 10.6 Å². The summed E-state index contributed by atoms with van der Waals surface area (Å²) in [6.45, 7) is 4.16. The smallest absolute Gasteiger partial charge is 0.239 e. The number of furan rings is 1. The van der Waals surface area contributed by atoms with Crippen molar-refractivity contribution in [1.29, 1.82) is 0 Å². The molecule has 4 nitrogen and oxygen atoms in total. The van der Waals surface area contributed by atoms with Gasteiger partial charge < -0.3 is 15.1 Å². The first-order chi connectivity index (χ1) is 6.56. The largest absolute Gasteiger partial charge is 0.472 e. The highest BCUT2D eigenvalue weighted by atomic mass is 16.3. The van der Waals surface area contributed by atoms with E-state index in [-0.39, 0.29) is 5.91 Å². The third kappa shape index (κ3) is 2.60. The minimum absolute atomic E-state index is 0.0267. The zero-order valence-electron chi connectivity index (χ0n) is 8.76. The highest BCUT2D eigenvalue weighted by Crippen LogP contribution is 2.03. The summed E-state index contributed by atoms with van der Waals surface area (Å²) in [6, 6.07) is 1.83. The second kappa shape index (κ2) is 4.28. The SMILES string of the molecule is CNC(C)(C)C(=O)NCc1ccoc1. The number of likely N-dealkylation sites (N-methyl/N-ethyl adjacent to an activating group) is 1. The topological polar surface area (TPSA) is 54.3 Å². The highest BCUT2D eigenvalue weighted by Gasteiger charge is 2.24. The van der Waals surface area contributed by atoms with Crippen molar-refractivity contribution < 1.29 is 9.21 Å². The molecular weight excluding hydrogens is 180 g/mol. The molecule has 0 radical (unpaired) electrons. The van der Waals surface area contributed by atoms with Crippen molar-refractivity contribution in [3.05, 3.63) is 24.2 Å². The van der Waals surface area contributed by atoms with Gasteiger partial charge in [0.2, 0.25) is 5.91 Å². The quantitative estimate of drug-likeness (QED) is 0.752. The molecule has 0 aromatic carbocycles. The zero-order chi connectivity index (χ0) is 10.6. The number of hydrogen-bond acceptors (Lipinski definition) is 3. The van der Waals surface area contributed by atoms with Crippen LogP contribution in [0, 0.1) is 0 Å². The molecule has 78 valence electrons. The number of carbonyl (C=O) groups is 1. The lowest BCUT2D eigenvalue weighted by atomic mass is 10.1. The molecule has 0 saturated heterocycles. The van der Waals surface area contributed by atoms with Crippen LogP contribution in [0.5, 0.6) is 0 Å². The van der Waals surface area contributed by atoms with E-state index >= 15 is 0 Å². The van der Waals surface area contributed by atoms with Gasteiger partial charge in [-0.25, -0.2) is 0 Å². The van der Waals surface area contributed by atoms with Gasteiger partial charge in [0.05, 0.1) is 18.1 Å². The molecule has 14 heavy (non-hydrogen) atoms. The van der Waals surface area contributed by atoms with Gasteiger partial charge in [-0.2, -0.15) is 0 Å². The minimum atomic E-state index is -0.538. The molecule has 1 heterocycles. The van der Waals surface area contributed by atoms with Gasteiger partial charge in [0.1, 0.15) is 0 Å². The van der Waals surface area contributed by atoms with Gasteiger partial charge in [0.15, 0.2) is 0 Å². The predicted molar refractivity (Wildman–Crippen MR) is 53.7 cm³/mol. The molecule has 1 aromatic heterocycles. The van der Waals surface area contributed by atoms with Gasteiger partial charge in [-0.1, -0.05) is 0 Å². The van der Waals surface area contributed by atoms with Crippen LogP contribution >= 0.6 is 0 Å². The fraction of sp³-hybridized carbons (Fsp3) is 0.500. The fourth-order valence-corrected chi connectivity index (χ4v) is 0.910. The summed E-state index contributed by atoms with van der Waals surface area (Å²) in [5.41, 5.74) is 0.425. The fourth-order valence-electron chi connectivity index (χ4n) is 0.910. The van der Waals surface area contributed by atoms with E-state index in [4.69, 9.17) is 4.42 Å². The Balaban J connectivity index is 2.43. The van der Waals surface area contributed by atoms with Gasteiger partial charge in [-0.15, -0.1) is 0 Å². The first-order valence-electron chi connectivity index (χ1n) is 4.54. The standard InChI is InChI=1S/C10H16N2O2/c1-10(2,11-3)9(13)12-6-8-4-5-14-7-8/h4-5,7,11H,6H2,1-3H3,(H,12,13). The van der Waals surface area contributed by atoms with Crippen molar-refractivity contribution in [3.8, 4) is 0 Å². The number of carbonyl (C=O) groups excluding carboxylic acids is 1. The second-order valence-electron chi connectivity index (χ2n) is 3.69. The Morgan fingerprint density at radius 1 is 1.57 bits per heavy atom. The molecule has 1 amide bonds. The lowest BCUT2D eigenvalue weighted by molar-refractivity contribution is -0.126. The summed E-state index contributed by atoms with van der Waals surface area (Å²) in [4.78, 5) is 11.6. The molecule has 1 aromatic rings. The molecule has 0 aliphatic rings. The van der Waals surface area contributed by atoms with E-state index in [0.717, 1.165) is 5.56 Å². The van der Waals surface area contributed by atoms with Gasteiger partial charge in [-0.3, -0.25) is 4.79 Å². The number of nitrogens with one attached hydrogen (secondary N) is 2. The Morgan fingerprint density at radius 3 is 2.79 bits per heavy atom. The van der Waals surface area contributed by atoms with E-state index in [0.29, 0.717) is 6.54 Å². The van der Waals surface area contributed by atoms with Crippen molar-refractivity contribution in [2.24, 2.45) is 0 Å². The van der Waals surface area contributed by atoms with Crippen LogP contribution in [0.15, 0.2) is 23.0 Å². The van der Waals surface area contributed by atoms with Crippen molar-refractivity contribution in [2.45, 2.75) is 25.9 Å². The normalized spacial score (nSPS) is 11.4. The second-order valence-corrected chi connectivity index (χ2v) is 3.69. The van der Waals surface area contributed by atoms with Crippen molar-refractivity contribution in [3.63, 3.8) is 0 Å². The molecule has 4 heteroatoms. The maximum absolute atomic E-state index is 11.6. The minimum Gasteiger partial charge on any atom is -0.472 e. The predicted octanol–water partition coefficient (Wildman–Crippen LogP) is 0.894. The van der Waals surface area contributed by atoms with E-state index in [1.165, 1.54) is 0 Å². The molecule has 0 unspecified atom stereocenters. The van der Waals surface area contributed by atoms with Gasteiger partial charge >= 0.3 is 0 Å². The molecule has 1 rings (SSSR count). The number of rotatable bonds is 4. The maximum Gasteiger partial charge on any atom is 0.239 e. The Hall–Kier alpha value is -1.29. The number of amides is 1. The molecule has 0 aliphatic heterocycles. The molecule has 0 fully saturated rings. The van der Waals surface area contributed by atoms with E-state index in [9.17, 15) is 4.79 Å². The Morgan fingerprint density at radius 2 is 2.29 bits per heavy atom.